The summed E-state index contributed by atoms with van der Waals surface area (Å²) in [6.45, 7) is 14.0. The second kappa shape index (κ2) is 7.31. The Labute approximate surface area is 170 Å². The molecule has 0 radical (unpaired) electrons. The fourth-order valence-electron chi connectivity index (χ4n) is 3.60. The van der Waals surface area contributed by atoms with Gasteiger partial charge in [-0.3, -0.25) is 14.4 Å². The number of rotatable bonds is 5. The summed E-state index contributed by atoms with van der Waals surface area (Å²) >= 11 is 0. The normalized spacial score (nSPS) is 15.3. The van der Waals surface area contributed by atoms with Gasteiger partial charge in [-0.2, -0.15) is 9.61 Å². The van der Waals surface area contributed by atoms with Crippen molar-refractivity contribution in [2.45, 2.75) is 85.5 Å². The van der Waals surface area contributed by atoms with Gasteiger partial charge in [0.25, 0.3) is 11.5 Å². The van der Waals surface area contributed by atoms with Crippen LogP contribution in [0.5, 0.6) is 0 Å². The predicted molar refractivity (Wildman–Crippen MR) is 111 cm³/mol. The second-order valence-electron chi connectivity index (χ2n) is 9.18. The first-order valence-corrected chi connectivity index (χ1v) is 10.2. The third kappa shape index (κ3) is 3.68. The van der Waals surface area contributed by atoms with Crippen molar-refractivity contribution in [2.75, 3.05) is 0 Å². The highest BCUT2D eigenvalue weighted by Gasteiger charge is 2.37. The lowest BCUT2D eigenvalue weighted by atomic mass is 9.93. The van der Waals surface area contributed by atoms with Crippen LogP contribution < -0.4 is 10.9 Å². The van der Waals surface area contributed by atoms with Gasteiger partial charge < -0.3 is 14.8 Å². The number of nitrogens with one attached hydrogen (secondary N) is 1. The Kier molecular flexibility index (Phi) is 5.32. The van der Waals surface area contributed by atoms with Crippen molar-refractivity contribution >= 4 is 17.5 Å². The molecule has 0 fully saturated rings. The number of amides is 2. The summed E-state index contributed by atoms with van der Waals surface area (Å²) in [7, 11) is 0. The maximum Gasteiger partial charge on any atom is 0.280 e. The van der Waals surface area contributed by atoms with Gasteiger partial charge in [0.1, 0.15) is 17.9 Å². The minimum atomic E-state index is -0.287. The van der Waals surface area contributed by atoms with E-state index in [1.54, 1.807) is 9.47 Å². The fourth-order valence-corrected chi connectivity index (χ4v) is 3.60. The predicted octanol–water partition coefficient (Wildman–Crippen LogP) is 2.07. The van der Waals surface area contributed by atoms with E-state index < -0.39 is 0 Å². The van der Waals surface area contributed by atoms with E-state index in [2.05, 4.69) is 10.4 Å². The zero-order valence-electron chi connectivity index (χ0n) is 18.4. The maximum atomic E-state index is 13.2. The Morgan fingerprint density at radius 2 is 1.90 bits per heavy atom. The van der Waals surface area contributed by atoms with Crippen molar-refractivity contribution in [2.24, 2.45) is 0 Å². The van der Waals surface area contributed by atoms with E-state index in [0.717, 1.165) is 12.1 Å². The Bertz CT molecular complexity index is 1030. The monoisotopic (exact) mass is 401 g/mol. The van der Waals surface area contributed by atoms with Crippen LogP contribution in [0.1, 0.15) is 76.6 Å². The fraction of sp³-hybridized carbons (Fsp3) is 0.619. The van der Waals surface area contributed by atoms with Crippen LogP contribution in [0.15, 0.2) is 10.9 Å². The summed E-state index contributed by atoms with van der Waals surface area (Å²) < 4.78 is 3.00. The van der Waals surface area contributed by atoms with Crippen LogP contribution in [0.3, 0.4) is 0 Å². The average Bonchev–Trinajstić information content (AvgIpc) is 3.20. The summed E-state index contributed by atoms with van der Waals surface area (Å²) in [5, 5.41) is 7.39. The van der Waals surface area contributed by atoms with Gasteiger partial charge in [-0.05, 0) is 27.2 Å². The number of aromatic nitrogens is 3. The van der Waals surface area contributed by atoms with Gasteiger partial charge in [0.2, 0.25) is 5.91 Å². The second-order valence-corrected chi connectivity index (χ2v) is 9.18. The lowest BCUT2D eigenvalue weighted by Crippen LogP contribution is -2.36. The molecule has 8 nitrogen and oxygen atoms in total. The molecule has 0 spiro atoms. The van der Waals surface area contributed by atoms with Crippen molar-refractivity contribution in [1.82, 2.24) is 24.4 Å². The Morgan fingerprint density at radius 3 is 2.45 bits per heavy atom. The maximum absolute atomic E-state index is 13.2. The van der Waals surface area contributed by atoms with Crippen LogP contribution in [0.25, 0.3) is 5.65 Å². The van der Waals surface area contributed by atoms with Gasteiger partial charge >= 0.3 is 0 Å². The number of carbonyl (C=O) groups is 2. The van der Waals surface area contributed by atoms with Gasteiger partial charge in [0.05, 0.1) is 17.8 Å². The molecular formula is C21H31N5O3. The lowest BCUT2D eigenvalue weighted by molar-refractivity contribution is -0.122. The molecule has 1 atom stereocenters. The number of hydrogen-bond donors (Lipinski definition) is 1. The van der Waals surface area contributed by atoms with Crippen LogP contribution in [0, 0.1) is 0 Å². The number of nitrogens with zero attached hydrogens (tertiary/aromatic N) is 4. The van der Waals surface area contributed by atoms with Crippen molar-refractivity contribution in [3.05, 3.63) is 33.4 Å². The number of hydrogen-bond acceptors (Lipinski definition) is 4. The lowest BCUT2D eigenvalue weighted by Gasteiger charge is -2.22. The van der Waals surface area contributed by atoms with Crippen LogP contribution in [-0.4, -0.2) is 43.0 Å². The molecule has 0 saturated carbocycles. The topological polar surface area (TPSA) is 88.7 Å². The first kappa shape index (κ1) is 21.1. The molecule has 1 aliphatic heterocycles. The van der Waals surface area contributed by atoms with Gasteiger partial charge in [-0.15, -0.1) is 0 Å². The van der Waals surface area contributed by atoms with E-state index in [9.17, 15) is 14.4 Å². The number of carbonyl (C=O) groups excluding carboxylic acids is 2. The van der Waals surface area contributed by atoms with Crippen LogP contribution >= 0.6 is 0 Å². The molecule has 1 aliphatic rings. The van der Waals surface area contributed by atoms with Gasteiger partial charge in [-0.25, -0.2) is 0 Å². The SMILES string of the molecule is CC[C@H](C)N1Cc2c(n(CC(=O)NC(C)C)c3cc(C(C)(C)C)nn3c2=O)C1=O. The van der Waals surface area contributed by atoms with E-state index in [-0.39, 0.29) is 48.0 Å². The standard InChI is InChI=1S/C21H31N5O3/c1-8-13(4)24-10-14-18(20(24)29)25(11-16(27)22-12(2)3)17-9-15(21(5,6)7)23-26(17)19(14)28/h9,12-13H,8,10-11H2,1-7H3,(H,22,27)/t13-/m0/s1. The van der Waals surface area contributed by atoms with Crippen molar-refractivity contribution in [1.29, 1.82) is 0 Å². The zero-order chi connectivity index (χ0) is 21.7. The molecule has 1 N–H and O–H groups in total. The van der Waals surface area contributed by atoms with Crippen molar-refractivity contribution in [3.8, 4) is 0 Å². The quantitative estimate of drug-likeness (QED) is 0.831. The van der Waals surface area contributed by atoms with E-state index in [0.29, 0.717) is 16.9 Å². The van der Waals surface area contributed by atoms with Crippen LogP contribution in [0.2, 0.25) is 0 Å². The van der Waals surface area contributed by atoms with E-state index >= 15 is 0 Å². The molecule has 0 aromatic carbocycles. The van der Waals surface area contributed by atoms with E-state index in [1.807, 2.05) is 54.5 Å². The van der Waals surface area contributed by atoms with Crippen LogP contribution in [0.4, 0.5) is 0 Å². The Morgan fingerprint density at radius 1 is 1.24 bits per heavy atom. The molecule has 158 valence electrons. The summed E-state index contributed by atoms with van der Waals surface area (Å²) in [4.78, 5) is 40.7. The highest BCUT2D eigenvalue weighted by molar-refractivity contribution is 5.98. The summed E-state index contributed by atoms with van der Waals surface area (Å²) in [6, 6.07) is 1.79. The van der Waals surface area contributed by atoms with Crippen molar-refractivity contribution < 1.29 is 9.59 Å². The smallest absolute Gasteiger partial charge is 0.280 e. The molecule has 3 heterocycles. The minimum absolute atomic E-state index is 0.00435. The first-order chi connectivity index (χ1) is 13.5. The molecule has 8 heteroatoms. The highest BCUT2D eigenvalue weighted by Crippen LogP contribution is 2.27. The molecule has 0 saturated heterocycles. The molecule has 0 aliphatic carbocycles. The van der Waals surface area contributed by atoms with Crippen LogP contribution in [-0.2, 0) is 23.3 Å². The van der Waals surface area contributed by atoms with E-state index in [1.165, 1.54) is 4.52 Å². The molecule has 0 unspecified atom stereocenters. The van der Waals surface area contributed by atoms with E-state index in [4.69, 9.17) is 0 Å². The minimum Gasteiger partial charge on any atom is -0.352 e. The highest BCUT2D eigenvalue weighted by atomic mass is 16.2. The molecule has 3 rings (SSSR count). The van der Waals surface area contributed by atoms with Gasteiger partial charge in [-0.1, -0.05) is 27.7 Å². The molecule has 2 amide bonds. The number of fused-ring (bicyclic) bond motifs is 2. The van der Waals surface area contributed by atoms with Crippen molar-refractivity contribution in [3.63, 3.8) is 0 Å². The molecule has 2 aromatic heterocycles. The molecule has 2 aromatic rings. The third-order valence-electron chi connectivity index (χ3n) is 5.41. The molecular weight excluding hydrogens is 370 g/mol. The molecule has 29 heavy (non-hydrogen) atoms. The van der Waals surface area contributed by atoms with Gasteiger partial charge in [0, 0.05) is 23.6 Å². The summed E-state index contributed by atoms with van der Waals surface area (Å²) in [5.41, 5.74) is 1.36. The Balaban J connectivity index is 2.25. The largest absolute Gasteiger partial charge is 0.352 e. The third-order valence-corrected chi connectivity index (χ3v) is 5.41. The zero-order valence-corrected chi connectivity index (χ0v) is 18.4. The van der Waals surface area contributed by atoms with Gasteiger partial charge in [0.15, 0.2) is 0 Å². The first-order valence-electron chi connectivity index (χ1n) is 10.2. The Hall–Kier alpha value is -2.64. The average molecular weight is 402 g/mol. The summed E-state index contributed by atoms with van der Waals surface area (Å²) in [6.07, 6.45) is 0.785. The molecule has 0 bridgehead atoms. The summed E-state index contributed by atoms with van der Waals surface area (Å²) in [5.74, 6) is -0.411.